The van der Waals surface area contributed by atoms with Crippen molar-refractivity contribution in [2.75, 3.05) is 49.2 Å². The third-order valence-electron chi connectivity index (χ3n) is 4.79. The van der Waals surface area contributed by atoms with Crippen LogP contribution >= 0.6 is 0 Å². The van der Waals surface area contributed by atoms with Crippen LogP contribution in [0.25, 0.3) is 0 Å². The maximum absolute atomic E-state index is 11.8. The molecule has 1 aromatic carbocycles. The average Bonchev–Trinajstić information content (AvgIpc) is 3.14. The highest BCUT2D eigenvalue weighted by molar-refractivity contribution is 7.85. The minimum atomic E-state index is -0.762. The summed E-state index contributed by atoms with van der Waals surface area (Å²) in [6.45, 7) is 6.31. The quantitative estimate of drug-likeness (QED) is 0.768. The van der Waals surface area contributed by atoms with E-state index >= 15 is 0 Å². The summed E-state index contributed by atoms with van der Waals surface area (Å²) in [6.07, 6.45) is 1.22. The van der Waals surface area contributed by atoms with Crippen molar-refractivity contribution in [3.8, 4) is 5.75 Å². The van der Waals surface area contributed by atoms with Gasteiger partial charge in [-0.05, 0) is 37.6 Å². The largest absolute Gasteiger partial charge is 0.494 e. The molecule has 23 heavy (non-hydrogen) atoms. The van der Waals surface area contributed by atoms with Crippen LogP contribution in [0.1, 0.15) is 13.3 Å². The fourth-order valence-electron chi connectivity index (χ4n) is 3.69. The van der Waals surface area contributed by atoms with Crippen molar-refractivity contribution in [1.82, 2.24) is 4.90 Å². The SMILES string of the molecule is CCOc1ccc(N2C[C@@H]3CC2CN3CCS(=O)CCN)cc1. The summed E-state index contributed by atoms with van der Waals surface area (Å²) in [6, 6.07) is 9.61. The van der Waals surface area contributed by atoms with E-state index in [-0.39, 0.29) is 0 Å². The Morgan fingerprint density at radius 2 is 2.00 bits per heavy atom. The maximum Gasteiger partial charge on any atom is 0.119 e. The third-order valence-corrected chi connectivity index (χ3v) is 6.11. The molecule has 2 N–H and O–H groups in total. The van der Waals surface area contributed by atoms with E-state index in [0.717, 1.165) is 31.1 Å². The number of rotatable bonds is 8. The van der Waals surface area contributed by atoms with E-state index in [1.54, 1.807) is 0 Å². The highest BCUT2D eigenvalue weighted by Crippen LogP contribution is 2.34. The van der Waals surface area contributed by atoms with Gasteiger partial charge in [-0.1, -0.05) is 0 Å². The van der Waals surface area contributed by atoms with Crippen LogP contribution in [0.4, 0.5) is 5.69 Å². The van der Waals surface area contributed by atoms with Gasteiger partial charge in [0, 0.05) is 66.3 Å². The standard InChI is InChI=1S/C17H27N3O2S/c1-2-22-17-5-3-14(4-6-17)20-13-15-11-16(20)12-19(15)8-10-23(21)9-7-18/h3-6,15-16H,2,7-13,18H2,1H3/t15-,16?,23?/m0/s1. The van der Waals surface area contributed by atoms with Gasteiger partial charge in [-0.25, -0.2) is 0 Å². The van der Waals surface area contributed by atoms with Gasteiger partial charge in [0.25, 0.3) is 0 Å². The lowest BCUT2D eigenvalue weighted by molar-refractivity contribution is 0.253. The van der Waals surface area contributed by atoms with E-state index in [1.807, 2.05) is 6.92 Å². The Hall–Kier alpha value is -1.11. The zero-order valence-electron chi connectivity index (χ0n) is 13.8. The Labute approximate surface area is 141 Å². The predicted octanol–water partition coefficient (Wildman–Crippen LogP) is 1.06. The molecule has 2 aliphatic heterocycles. The molecule has 6 heteroatoms. The number of piperazine rings is 1. The smallest absolute Gasteiger partial charge is 0.119 e. The molecule has 2 heterocycles. The molecule has 2 bridgehead atoms. The summed E-state index contributed by atoms with van der Waals surface area (Å²) in [5.41, 5.74) is 6.75. The van der Waals surface area contributed by atoms with Gasteiger partial charge in [-0.3, -0.25) is 9.11 Å². The fourth-order valence-corrected chi connectivity index (χ4v) is 4.60. The van der Waals surface area contributed by atoms with Crippen molar-refractivity contribution < 1.29 is 8.95 Å². The molecular formula is C17H27N3O2S. The summed E-state index contributed by atoms with van der Waals surface area (Å²) >= 11 is 0. The maximum atomic E-state index is 11.8. The van der Waals surface area contributed by atoms with E-state index in [9.17, 15) is 4.21 Å². The summed E-state index contributed by atoms with van der Waals surface area (Å²) in [5.74, 6) is 2.31. The Bertz CT molecular complexity index is 537. The molecule has 0 amide bonds. The second-order valence-electron chi connectivity index (χ2n) is 6.25. The lowest BCUT2D eigenvalue weighted by Gasteiger charge is -2.35. The molecule has 0 saturated carbocycles. The van der Waals surface area contributed by atoms with Crippen LogP contribution < -0.4 is 15.4 Å². The van der Waals surface area contributed by atoms with E-state index < -0.39 is 10.8 Å². The van der Waals surface area contributed by atoms with Gasteiger partial charge in [0.15, 0.2) is 0 Å². The van der Waals surface area contributed by atoms with Gasteiger partial charge in [-0.2, -0.15) is 0 Å². The summed E-state index contributed by atoms with van der Waals surface area (Å²) in [5, 5.41) is 0. The minimum absolute atomic E-state index is 0.518. The number of hydrogen-bond donors (Lipinski definition) is 1. The zero-order valence-corrected chi connectivity index (χ0v) is 14.6. The van der Waals surface area contributed by atoms with Crippen LogP contribution in [-0.2, 0) is 10.8 Å². The molecule has 128 valence electrons. The van der Waals surface area contributed by atoms with Gasteiger partial charge in [-0.15, -0.1) is 0 Å². The van der Waals surface area contributed by atoms with Crippen molar-refractivity contribution in [2.24, 2.45) is 5.73 Å². The predicted molar refractivity (Wildman–Crippen MR) is 95.7 cm³/mol. The monoisotopic (exact) mass is 337 g/mol. The third kappa shape index (κ3) is 3.87. The number of likely N-dealkylation sites (tertiary alicyclic amines) is 1. The molecule has 2 aliphatic rings. The van der Waals surface area contributed by atoms with Crippen LogP contribution in [-0.4, -0.2) is 65.5 Å². The zero-order chi connectivity index (χ0) is 16.2. The van der Waals surface area contributed by atoms with Gasteiger partial charge >= 0.3 is 0 Å². The van der Waals surface area contributed by atoms with Crippen LogP contribution in [0.15, 0.2) is 24.3 Å². The van der Waals surface area contributed by atoms with Crippen molar-refractivity contribution >= 4 is 16.5 Å². The Morgan fingerprint density at radius 3 is 2.61 bits per heavy atom. The minimum Gasteiger partial charge on any atom is -0.494 e. The fraction of sp³-hybridized carbons (Fsp3) is 0.647. The van der Waals surface area contributed by atoms with Gasteiger partial charge < -0.3 is 15.4 Å². The first-order chi connectivity index (χ1) is 11.2. The molecule has 3 atom stereocenters. The molecule has 0 radical (unpaired) electrons. The number of nitrogens with two attached hydrogens (primary N) is 1. The number of fused-ring (bicyclic) bond motifs is 2. The van der Waals surface area contributed by atoms with Crippen molar-refractivity contribution in [3.05, 3.63) is 24.3 Å². The van der Waals surface area contributed by atoms with Crippen LogP contribution in [0.2, 0.25) is 0 Å². The highest BCUT2D eigenvalue weighted by atomic mass is 32.2. The number of anilines is 1. The van der Waals surface area contributed by atoms with E-state index in [0.29, 0.717) is 31.0 Å². The summed E-state index contributed by atoms with van der Waals surface area (Å²) in [4.78, 5) is 5.01. The second-order valence-corrected chi connectivity index (χ2v) is 7.95. The molecule has 0 spiro atoms. The Balaban J connectivity index is 1.52. The van der Waals surface area contributed by atoms with Crippen molar-refractivity contribution in [2.45, 2.75) is 25.4 Å². The van der Waals surface area contributed by atoms with Gasteiger partial charge in [0.05, 0.1) is 6.61 Å². The lowest BCUT2D eigenvalue weighted by Crippen LogP contribution is -2.47. The molecule has 0 aromatic heterocycles. The molecule has 1 aromatic rings. The van der Waals surface area contributed by atoms with Crippen molar-refractivity contribution in [1.29, 1.82) is 0 Å². The molecule has 2 unspecified atom stereocenters. The normalized spacial score (nSPS) is 25.0. The summed E-state index contributed by atoms with van der Waals surface area (Å²) in [7, 11) is -0.762. The van der Waals surface area contributed by atoms with E-state index in [2.05, 4.69) is 34.1 Å². The number of hydrogen-bond acceptors (Lipinski definition) is 5. The molecule has 2 fully saturated rings. The Kier molecular flexibility index (Phi) is 5.56. The number of nitrogens with zero attached hydrogens (tertiary/aromatic N) is 2. The van der Waals surface area contributed by atoms with E-state index in [1.165, 1.54) is 12.1 Å². The molecule has 0 aliphatic carbocycles. The second kappa shape index (κ2) is 7.64. The van der Waals surface area contributed by atoms with Crippen molar-refractivity contribution in [3.63, 3.8) is 0 Å². The van der Waals surface area contributed by atoms with Gasteiger partial charge in [0.2, 0.25) is 0 Å². The molecule has 3 rings (SSSR count). The molecular weight excluding hydrogens is 310 g/mol. The van der Waals surface area contributed by atoms with Crippen LogP contribution in [0, 0.1) is 0 Å². The van der Waals surface area contributed by atoms with E-state index in [4.69, 9.17) is 10.5 Å². The highest BCUT2D eigenvalue weighted by Gasteiger charge is 2.42. The average molecular weight is 337 g/mol. The van der Waals surface area contributed by atoms with Crippen LogP contribution in [0.5, 0.6) is 5.75 Å². The lowest BCUT2D eigenvalue weighted by atomic mass is 10.2. The van der Waals surface area contributed by atoms with Gasteiger partial charge in [0.1, 0.15) is 5.75 Å². The Morgan fingerprint density at radius 1 is 1.22 bits per heavy atom. The number of benzene rings is 1. The first kappa shape index (κ1) is 16.7. The van der Waals surface area contributed by atoms with Crippen LogP contribution in [0.3, 0.4) is 0 Å². The summed E-state index contributed by atoms with van der Waals surface area (Å²) < 4.78 is 17.3. The first-order valence-electron chi connectivity index (χ1n) is 8.50. The first-order valence-corrected chi connectivity index (χ1v) is 9.98. The number of ether oxygens (including phenoxy) is 1. The topological polar surface area (TPSA) is 58.8 Å². The molecule has 5 nitrogen and oxygen atoms in total. The molecule has 2 saturated heterocycles.